The maximum Gasteiger partial charge on any atom is 0.226 e. The lowest BCUT2D eigenvalue weighted by atomic mass is 10.1. The third-order valence-electron chi connectivity index (χ3n) is 4.19. The summed E-state index contributed by atoms with van der Waals surface area (Å²) in [4.78, 5) is 7.01. The zero-order chi connectivity index (χ0) is 14.7. The molecule has 0 saturated carbocycles. The predicted molar refractivity (Wildman–Crippen MR) is 91.3 cm³/mol. The first-order chi connectivity index (χ1) is 10.2. The van der Waals surface area contributed by atoms with Gasteiger partial charge in [0.1, 0.15) is 6.26 Å². The van der Waals surface area contributed by atoms with Gasteiger partial charge in [0.15, 0.2) is 0 Å². The van der Waals surface area contributed by atoms with E-state index in [1.165, 1.54) is 18.4 Å². The average molecular weight is 322 g/mol. The smallest absolute Gasteiger partial charge is 0.226 e. The molecule has 1 aromatic carbocycles. The Morgan fingerprint density at radius 3 is 2.59 bits per heavy atom. The Labute approximate surface area is 138 Å². The van der Waals surface area contributed by atoms with Crippen LogP contribution in [0.15, 0.2) is 34.9 Å². The summed E-state index contributed by atoms with van der Waals surface area (Å²) in [6, 6.07) is 8.93. The Morgan fingerprint density at radius 1 is 1.23 bits per heavy atom. The van der Waals surface area contributed by atoms with Crippen LogP contribution in [0.3, 0.4) is 0 Å². The number of nitrogens with one attached hydrogen (secondary N) is 1. The summed E-state index contributed by atoms with van der Waals surface area (Å²) in [5, 5.41) is 3.40. The van der Waals surface area contributed by atoms with Gasteiger partial charge in [-0.05, 0) is 52.0 Å². The van der Waals surface area contributed by atoms with Gasteiger partial charge in [-0.15, -0.1) is 12.4 Å². The van der Waals surface area contributed by atoms with Crippen LogP contribution in [-0.4, -0.2) is 36.1 Å². The Hall–Kier alpha value is -1.36. The number of halogens is 1. The molecule has 4 nitrogen and oxygen atoms in total. The molecule has 1 aromatic heterocycles. The third-order valence-corrected chi connectivity index (χ3v) is 4.19. The first kappa shape index (κ1) is 17.0. The first-order valence-corrected chi connectivity index (χ1v) is 7.65. The summed E-state index contributed by atoms with van der Waals surface area (Å²) in [5.41, 5.74) is 3.29. The number of hydrogen-bond acceptors (Lipinski definition) is 4. The van der Waals surface area contributed by atoms with Gasteiger partial charge in [0.25, 0.3) is 0 Å². The highest BCUT2D eigenvalue weighted by molar-refractivity contribution is 5.85. The minimum Gasteiger partial charge on any atom is -0.444 e. The van der Waals surface area contributed by atoms with Gasteiger partial charge < -0.3 is 9.73 Å². The number of aryl methyl sites for hydroxylation is 1. The van der Waals surface area contributed by atoms with E-state index in [-0.39, 0.29) is 12.4 Å². The van der Waals surface area contributed by atoms with Crippen LogP contribution in [0.25, 0.3) is 11.5 Å². The maximum atomic E-state index is 5.63. The molecule has 1 aliphatic rings. The van der Waals surface area contributed by atoms with E-state index in [1.807, 2.05) is 0 Å². The summed E-state index contributed by atoms with van der Waals surface area (Å²) >= 11 is 0. The molecule has 0 atom stereocenters. The fourth-order valence-corrected chi connectivity index (χ4v) is 2.84. The number of rotatable bonds is 4. The zero-order valence-corrected chi connectivity index (χ0v) is 14.0. The quantitative estimate of drug-likeness (QED) is 0.938. The number of oxazole rings is 1. The van der Waals surface area contributed by atoms with E-state index in [4.69, 9.17) is 4.42 Å². The second-order valence-electron chi connectivity index (χ2n) is 5.91. The minimum absolute atomic E-state index is 0. The van der Waals surface area contributed by atoms with E-state index in [0.29, 0.717) is 11.9 Å². The lowest BCUT2D eigenvalue weighted by Crippen LogP contribution is -2.40. The van der Waals surface area contributed by atoms with Crippen molar-refractivity contribution in [1.29, 1.82) is 0 Å². The van der Waals surface area contributed by atoms with Crippen LogP contribution in [0.4, 0.5) is 0 Å². The van der Waals surface area contributed by atoms with Crippen molar-refractivity contribution in [2.24, 2.45) is 0 Å². The summed E-state index contributed by atoms with van der Waals surface area (Å²) in [7, 11) is 2.18. The summed E-state index contributed by atoms with van der Waals surface area (Å²) in [5.74, 6) is 0.712. The van der Waals surface area contributed by atoms with Crippen LogP contribution in [0.5, 0.6) is 0 Å². The molecule has 3 rings (SSSR count). The Kier molecular flexibility index (Phi) is 6.00. The molecular weight excluding hydrogens is 298 g/mol. The lowest BCUT2D eigenvalue weighted by Gasteiger charge is -2.30. The Balaban J connectivity index is 0.00000176. The van der Waals surface area contributed by atoms with Crippen molar-refractivity contribution in [3.05, 3.63) is 41.8 Å². The van der Waals surface area contributed by atoms with E-state index < -0.39 is 0 Å². The predicted octanol–water partition coefficient (Wildman–Crippen LogP) is 3.26. The van der Waals surface area contributed by atoms with E-state index in [2.05, 4.69) is 53.4 Å². The largest absolute Gasteiger partial charge is 0.444 e. The molecular formula is C17H24ClN3O. The number of piperidine rings is 1. The Morgan fingerprint density at radius 2 is 1.91 bits per heavy atom. The molecule has 0 aliphatic carbocycles. The molecule has 0 radical (unpaired) electrons. The van der Waals surface area contributed by atoms with Crippen molar-refractivity contribution >= 4 is 12.4 Å². The summed E-state index contributed by atoms with van der Waals surface area (Å²) < 4.78 is 5.63. The van der Waals surface area contributed by atoms with E-state index in [0.717, 1.165) is 30.9 Å². The molecule has 120 valence electrons. The second kappa shape index (κ2) is 7.77. The van der Waals surface area contributed by atoms with Gasteiger partial charge in [-0.3, -0.25) is 4.90 Å². The first-order valence-electron chi connectivity index (χ1n) is 7.65. The SMILES string of the molecule is Cc1ccc(-c2nc(CN(C)C3CCNCC3)co2)cc1.Cl. The normalized spacial score (nSPS) is 15.8. The number of hydrogen-bond donors (Lipinski definition) is 1. The highest BCUT2D eigenvalue weighted by Crippen LogP contribution is 2.20. The molecule has 2 heterocycles. The summed E-state index contributed by atoms with van der Waals surface area (Å²) in [6.45, 7) is 5.16. The van der Waals surface area contributed by atoms with Crippen LogP contribution in [0.1, 0.15) is 24.1 Å². The maximum absolute atomic E-state index is 5.63. The third kappa shape index (κ3) is 4.09. The fraction of sp³-hybridized carbons (Fsp3) is 0.471. The molecule has 1 aliphatic heterocycles. The molecule has 0 unspecified atom stereocenters. The molecule has 1 fully saturated rings. The Bertz CT molecular complexity index is 576. The standard InChI is InChI=1S/C17H23N3O.ClH/c1-13-3-5-14(6-4-13)17-19-15(12-21-17)11-20(2)16-7-9-18-10-8-16;/h3-6,12,16,18H,7-11H2,1-2H3;1H. The van der Waals surface area contributed by atoms with Crippen LogP contribution >= 0.6 is 12.4 Å². The molecule has 1 N–H and O–H groups in total. The van der Waals surface area contributed by atoms with Gasteiger partial charge in [-0.2, -0.15) is 0 Å². The van der Waals surface area contributed by atoms with Crippen LogP contribution in [0, 0.1) is 6.92 Å². The highest BCUT2D eigenvalue weighted by Gasteiger charge is 2.19. The van der Waals surface area contributed by atoms with Crippen molar-refractivity contribution in [3.63, 3.8) is 0 Å². The van der Waals surface area contributed by atoms with Crippen LogP contribution < -0.4 is 5.32 Å². The van der Waals surface area contributed by atoms with Crippen LogP contribution in [0.2, 0.25) is 0 Å². The van der Waals surface area contributed by atoms with Crippen molar-refractivity contribution in [2.45, 2.75) is 32.4 Å². The number of benzene rings is 1. The topological polar surface area (TPSA) is 41.3 Å². The molecule has 5 heteroatoms. The monoisotopic (exact) mass is 321 g/mol. The van der Waals surface area contributed by atoms with Gasteiger partial charge in [-0.1, -0.05) is 17.7 Å². The van der Waals surface area contributed by atoms with Gasteiger partial charge in [-0.25, -0.2) is 4.98 Å². The van der Waals surface area contributed by atoms with E-state index in [1.54, 1.807) is 6.26 Å². The van der Waals surface area contributed by atoms with Gasteiger partial charge in [0.2, 0.25) is 5.89 Å². The van der Waals surface area contributed by atoms with Gasteiger partial charge in [0.05, 0.1) is 5.69 Å². The van der Waals surface area contributed by atoms with E-state index in [9.17, 15) is 0 Å². The van der Waals surface area contributed by atoms with Gasteiger partial charge in [0, 0.05) is 18.2 Å². The van der Waals surface area contributed by atoms with Gasteiger partial charge >= 0.3 is 0 Å². The highest BCUT2D eigenvalue weighted by atomic mass is 35.5. The van der Waals surface area contributed by atoms with Crippen molar-refractivity contribution in [3.8, 4) is 11.5 Å². The molecule has 22 heavy (non-hydrogen) atoms. The van der Waals surface area contributed by atoms with Crippen molar-refractivity contribution < 1.29 is 4.42 Å². The molecule has 0 amide bonds. The molecule has 1 saturated heterocycles. The van der Waals surface area contributed by atoms with Crippen molar-refractivity contribution in [1.82, 2.24) is 15.2 Å². The second-order valence-corrected chi connectivity index (χ2v) is 5.91. The minimum atomic E-state index is 0. The fourth-order valence-electron chi connectivity index (χ4n) is 2.84. The lowest BCUT2D eigenvalue weighted by molar-refractivity contribution is 0.190. The molecule has 2 aromatic rings. The number of nitrogens with zero attached hydrogens (tertiary/aromatic N) is 2. The van der Waals surface area contributed by atoms with Crippen LogP contribution in [-0.2, 0) is 6.54 Å². The average Bonchev–Trinajstić information content (AvgIpc) is 2.97. The number of aromatic nitrogens is 1. The molecule has 0 spiro atoms. The van der Waals surface area contributed by atoms with E-state index >= 15 is 0 Å². The summed E-state index contributed by atoms with van der Waals surface area (Å²) in [6.07, 6.45) is 4.20. The van der Waals surface area contributed by atoms with Crippen molar-refractivity contribution in [2.75, 3.05) is 20.1 Å². The zero-order valence-electron chi connectivity index (χ0n) is 13.2. The molecule has 0 bridgehead atoms.